The van der Waals surface area contributed by atoms with Crippen LogP contribution in [0.5, 0.6) is 11.5 Å². The van der Waals surface area contributed by atoms with Crippen LogP contribution in [-0.2, 0) is 21.2 Å². The first kappa shape index (κ1) is 27.7. The number of amides is 1. The van der Waals surface area contributed by atoms with Crippen molar-refractivity contribution in [2.75, 3.05) is 4.72 Å². The standard InChI is InChI=1S/C26H23Cl2FN2O6S/c1-14-5-8-24(19(28)9-14)38(35,36)31-21-11-15(26(34)30-17-3-2-4-17)6-7-22(21)37-23-13-20(29)16(10-18(23)27)12-25(32)33/h5-11,13,17,31H,2-4,12H2,1H3,(H,30,34)(H,32,33). The fourth-order valence-corrected chi connectivity index (χ4v) is 5.64. The molecule has 0 heterocycles. The Morgan fingerprint density at radius 3 is 2.42 bits per heavy atom. The number of hydrogen-bond acceptors (Lipinski definition) is 5. The lowest BCUT2D eigenvalue weighted by atomic mass is 9.93. The molecular weight excluding hydrogens is 558 g/mol. The van der Waals surface area contributed by atoms with E-state index in [9.17, 15) is 22.4 Å². The molecule has 3 aromatic carbocycles. The number of carbonyl (C=O) groups excluding carboxylic acids is 1. The third-order valence-electron chi connectivity index (χ3n) is 5.97. The van der Waals surface area contributed by atoms with Gasteiger partial charge in [0.25, 0.3) is 15.9 Å². The van der Waals surface area contributed by atoms with Gasteiger partial charge in [0.1, 0.15) is 16.5 Å². The average Bonchev–Trinajstić information content (AvgIpc) is 2.79. The molecule has 0 saturated heterocycles. The third kappa shape index (κ3) is 6.38. The lowest BCUT2D eigenvalue weighted by Crippen LogP contribution is -2.39. The zero-order chi connectivity index (χ0) is 27.6. The molecule has 3 aromatic rings. The molecule has 0 unspecified atom stereocenters. The second-order valence-corrected chi connectivity index (χ2v) is 11.4. The monoisotopic (exact) mass is 580 g/mol. The number of carbonyl (C=O) groups is 2. The Balaban J connectivity index is 1.71. The molecule has 38 heavy (non-hydrogen) atoms. The van der Waals surface area contributed by atoms with Crippen LogP contribution in [0.1, 0.15) is 40.7 Å². The van der Waals surface area contributed by atoms with Crippen LogP contribution in [-0.4, -0.2) is 31.4 Å². The maximum atomic E-state index is 14.5. The van der Waals surface area contributed by atoms with Crippen LogP contribution in [0.2, 0.25) is 10.0 Å². The van der Waals surface area contributed by atoms with E-state index in [0.29, 0.717) is 0 Å². The van der Waals surface area contributed by atoms with Gasteiger partial charge >= 0.3 is 5.97 Å². The molecular formula is C26H23Cl2FN2O6S. The van der Waals surface area contributed by atoms with Gasteiger partial charge in [0.15, 0.2) is 5.75 Å². The van der Waals surface area contributed by atoms with E-state index < -0.39 is 34.1 Å². The van der Waals surface area contributed by atoms with Crippen LogP contribution in [0.15, 0.2) is 53.4 Å². The Labute approximate surface area is 228 Å². The first-order chi connectivity index (χ1) is 17.9. The van der Waals surface area contributed by atoms with Crippen LogP contribution in [0.25, 0.3) is 0 Å². The highest BCUT2D eigenvalue weighted by molar-refractivity contribution is 7.92. The Morgan fingerprint density at radius 2 is 1.79 bits per heavy atom. The quantitative estimate of drug-likeness (QED) is 0.288. The van der Waals surface area contributed by atoms with Crippen LogP contribution < -0.4 is 14.8 Å². The zero-order valence-corrected chi connectivity index (χ0v) is 22.4. The predicted octanol–water partition coefficient (Wildman–Crippen LogP) is 5.94. The van der Waals surface area contributed by atoms with Crippen molar-refractivity contribution < 1.29 is 32.2 Å². The molecule has 0 atom stereocenters. The number of hydrogen-bond donors (Lipinski definition) is 3. The number of carboxylic acid groups (broad SMARTS) is 1. The summed E-state index contributed by atoms with van der Waals surface area (Å²) in [4.78, 5) is 23.5. The number of ether oxygens (including phenoxy) is 1. The highest BCUT2D eigenvalue weighted by Crippen LogP contribution is 2.37. The van der Waals surface area contributed by atoms with Crippen LogP contribution in [0.3, 0.4) is 0 Å². The van der Waals surface area contributed by atoms with Crippen molar-refractivity contribution in [2.24, 2.45) is 0 Å². The van der Waals surface area contributed by atoms with E-state index in [-0.39, 0.29) is 49.3 Å². The fourth-order valence-electron chi connectivity index (χ4n) is 3.75. The highest BCUT2D eigenvalue weighted by Gasteiger charge is 2.24. The summed E-state index contributed by atoms with van der Waals surface area (Å²) in [5.74, 6) is -2.76. The number of nitrogens with one attached hydrogen (secondary N) is 2. The Kier molecular flexibility index (Phi) is 8.15. The van der Waals surface area contributed by atoms with Gasteiger partial charge in [-0.1, -0.05) is 29.3 Å². The molecule has 1 aliphatic carbocycles. The minimum absolute atomic E-state index is 0.00187. The SMILES string of the molecule is Cc1ccc(S(=O)(=O)Nc2cc(C(=O)NC3CCC3)ccc2Oc2cc(F)c(CC(=O)O)cc2Cl)c(Cl)c1. The van der Waals surface area contributed by atoms with Gasteiger partial charge in [-0.3, -0.25) is 14.3 Å². The summed E-state index contributed by atoms with van der Waals surface area (Å²) in [6.45, 7) is 1.76. The van der Waals surface area contributed by atoms with E-state index in [1.54, 1.807) is 13.0 Å². The van der Waals surface area contributed by atoms with Crippen molar-refractivity contribution in [2.45, 2.75) is 43.5 Å². The molecule has 200 valence electrons. The summed E-state index contributed by atoms with van der Waals surface area (Å²) in [6.07, 6.45) is 2.15. The molecule has 0 bridgehead atoms. The number of rotatable bonds is 9. The van der Waals surface area contributed by atoms with Crippen molar-refractivity contribution in [3.8, 4) is 11.5 Å². The molecule has 0 aliphatic heterocycles. The van der Waals surface area contributed by atoms with Gasteiger partial charge in [0.2, 0.25) is 0 Å². The second kappa shape index (κ2) is 11.2. The molecule has 0 radical (unpaired) electrons. The van der Waals surface area contributed by atoms with E-state index in [0.717, 1.165) is 37.0 Å². The van der Waals surface area contributed by atoms with Crippen LogP contribution in [0.4, 0.5) is 10.1 Å². The number of sulfonamides is 1. The molecule has 1 saturated carbocycles. The third-order valence-corrected chi connectivity index (χ3v) is 8.11. The van der Waals surface area contributed by atoms with Crippen LogP contribution in [0, 0.1) is 12.7 Å². The van der Waals surface area contributed by atoms with Crippen LogP contribution >= 0.6 is 23.2 Å². The Morgan fingerprint density at radius 1 is 1.05 bits per heavy atom. The zero-order valence-electron chi connectivity index (χ0n) is 20.1. The van der Waals surface area contributed by atoms with Crippen molar-refractivity contribution in [3.63, 3.8) is 0 Å². The van der Waals surface area contributed by atoms with Crippen molar-refractivity contribution in [1.82, 2.24) is 5.32 Å². The van der Waals surface area contributed by atoms with Gasteiger partial charge in [-0.25, -0.2) is 12.8 Å². The molecule has 0 spiro atoms. The summed E-state index contributed by atoms with van der Waals surface area (Å²) < 4.78 is 49.1. The second-order valence-electron chi connectivity index (χ2n) is 8.90. The van der Waals surface area contributed by atoms with Gasteiger partial charge in [-0.05, 0) is 68.1 Å². The lowest BCUT2D eigenvalue weighted by molar-refractivity contribution is -0.136. The van der Waals surface area contributed by atoms with Gasteiger partial charge in [0.05, 0.1) is 22.2 Å². The van der Waals surface area contributed by atoms with E-state index in [1.165, 1.54) is 30.3 Å². The van der Waals surface area contributed by atoms with Gasteiger partial charge in [-0.15, -0.1) is 0 Å². The first-order valence-corrected chi connectivity index (χ1v) is 13.8. The minimum atomic E-state index is -4.24. The molecule has 1 amide bonds. The lowest BCUT2D eigenvalue weighted by Gasteiger charge is -2.26. The maximum Gasteiger partial charge on any atom is 0.307 e. The van der Waals surface area contributed by atoms with E-state index in [2.05, 4.69) is 10.0 Å². The van der Waals surface area contributed by atoms with E-state index >= 15 is 0 Å². The normalized spacial score (nSPS) is 13.5. The van der Waals surface area contributed by atoms with Gasteiger partial charge < -0.3 is 15.2 Å². The molecule has 8 nitrogen and oxygen atoms in total. The number of aliphatic carboxylic acids is 1. The summed E-state index contributed by atoms with van der Waals surface area (Å²) in [6, 6.07) is 10.6. The molecule has 0 aromatic heterocycles. The topological polar surface area (TPSA) is 122 Å². The number of aryl methyl sites for hydroxylation is 1. The van der Waals surface area contributed by atoms with Crippen molar-refractivity contribution in [3.05, 3.63) is 81.1 Å². The van der Waals surface area contributed by atoms with Gasteiger partial charge in [-0.2, -0.15) is 0 Å². The number of benzene rings is 3. The van der Waals surface area contributed by atoms with Crippen molar-refractivity contribution in [1.29, 1.82) is 0 Å². The molecule has 4 rings (SSSR count). The number of halogens is 3. The maximum absolute atomic E-state index is 14.5. The highest BCUT2D eigenvalue weighted by atomic mass is 35.5. The average molecular weight is 581 g/mol. The number of carboxylic acids is 1. The fraction of sp³-hybridized carbons (Fsp3) is 0.231. The Bertz CT molecular complexity index is 1530. The summed E-state index contributed by atoms with van der Waals surface area (Å²) >= 11 is 12.4. The number of anilines is 1. The molecule has 12 heteroatoms. The van der Waals surface area contributed by atoms with Gasteiger partial charge in [0, 0.05) is 23.2 Å². The molecule has 1 aliphatic rings. The smallest absolute Gasteiger partial charge is 0.307 e. The minimum Gasteiger partial charge on any atom is -0.481 e. The predicted molar refractivity (Wildman–Crippen MR) is 141 cm³/mol. The summed E-state index contributed by atoms with van der Waals surface area (Å²) in [5, 5.41) is 11.7. The first-order valence-electron chi connectivity index (χ1n) is 11.5. The summed E-state index contributed by atoms with van der Waals surface area (Å²) in [5.41, 5.74) is 0.670. The largest absolute Gasteiger partial charge is 0.481 e. The molecule has 3 N–H and O–H groups in total. The molecule has 1 fully saturated rings. The Hall–Kier alpha value is -3.34. The van der Waals surface area contributed by atoms with E-state index in [4.69, 9.17) is 33.0 Å². The van der Waals surface area contributed by atoms with E-state index in [1.807, 2.05) is 0 Å². The summed E-state index contributed by atoms with van der Waals surface area (Å²) in [7, 11) is -4.24. The van der Waals surface area contributed by atoms with Crippen molar-refractivity contribution >= 4 is 50.8 Å².